The zero-order chi connectivity index (χ0) is 12.8. The van der Waals surface area contributed by atoms with Gasteiger partial charge in [0.2, 0.25) is 0 Å². The van der Waals surface area contributed by atoms with Crippen molar-refractivity contribution in [3.8, 4) is 0 Å². The third kappa shape index (κ3) is 4.52. The van der Waals surface area contributed by atoms with Gasteiger partial charge in [-0.25, -0.2) is 0 Å². The topological polar surface area (TPSA) is 33.3 Å². The second-order valence-corrected chi connectivity index (χ2v) is 6.14. The summed E-state index contributed by atoms with van der Waals surface area (Å²) in [5, 5.41) is 7.41. The van der Waals surface area contributed by atoms with E-state index in [0.29, 0.717) is 24.2 Å². The maximum absolute atomic E-state index is 5.75. The molecule has 106 valence electrons. The molecule has 0 radical (unpaired) electrons. The van der Waals surface area contributed by atoms with Crippen molar-refractivity contribution >= 4 is 0 Å². The summed E-state index contributed by atoms with van der Waals surface area (Å²) in [7, 11) is 0. The van der Waals surface area contributed by atoms with E-state index in [1.54, 1.807) is 0 Å². The van der Waals surface area contributed by atoms with Gasteiger partial charge in [0.1, 0.15) is 0 Å². The summed E-state index contributed by atoms with van der Waals surface area (Å²) < 4.78 is 5.75. The first-order valence-corrected chi connectivity index (χ1v) is 7.86. The van der Waals surface area contributed by atoms with Crippen LogP contribution in [0.4, 0.5) is 0 Å². The zero-order valence-corrected chi connectivity index (χ0v) is 12.1. The van der Waals surface area contributed by atoms with Gasteiger partial charge in [-0.3, -0.25) is 0 Å². The molecule has 2 heterocycles. The molecule has 4 unspecified atom stereocenters. The lowest BCUT2D eigenvalue weighted by molar-refractivity contribution is 0.0794. The van der Waals surface area contributed by atoms with Crippen LogP contribution in [0.3, 0.4) is 0 Å². The quantitative estimate of drug-likeness (QED) is 0.790. The summed E-state index contributed by atoms with van der Waals surface area (Å²) >= 11 is 0. The normalized spacial score (nSPS) is 33.0. The van der Waals surface area contributed by atoms with Crippen LogP contribution in [-0.4, -0.2) is 37.4 Å². The second-order valence-electron chi connectivity index (χ2n) is 6.14. The lowest BCUT2D eigenvalue weighted by Gasteiger charge is -2.27. The first-order chi connectivity index (χ1) is 8.75. The van der Waals surface area contributed by atoms with Gasteiger partial charge >= 0.3 is 0 Å². The van der Waals surface area contributed by atoms with E-state index in [-0.39, 0.29) is 0 Å². The Balaban J connectivity index is 1.68. The Hall–Kier alpha value is -0.120. The van der Waals surface area contributed by atoms with Gasteiger partial charge in [-0.1, -0.05) is 12.8 Å². The number of hydrogen-bond acceptors (Lipinski definition) is 3. The van der Waals surface area contributed by atoms with Crippen LogP contribution in [-0.2, 0) is 4.74 Å². The minimum absolute atomic E-state index is 0.439. The lowest BCUT2D eigenvalue weighted by Crippen LogP contribution is -2.45. The number of hydrogen-bond donors (Lipinski definition) is 2. The highest BCUT2D eigenvalue weighted by atomic mass is 16.5. The Kier molecular flexibility index (Phi) is 5.93. The minimum atomic E-state index is 0.439. The molecule has 0 aliphatic carbocycles. The van der Waals surface area contributed by atoms with Gasteiger partial charge in [0.25, 0.3) is 0 Å². The minimum Gasteiger partial charge on any atom is -0.377 e. The van der Waals surface area contributed by atoms with Crippen LogP contribution < -0.4 is 10.6 Å². The van der Waals surface area contributed by atoms with Crippen molar-refractivity contribution in [2.24, 2.45) is 0 Å². The molecule has 0 bridgehead atoms. The molecule has 3 nitrogen and oxygen atoms in total. The van der Waals surface area contributed by atoms with Gasteiger partial charge in [-0.05, 0) is 52.5 Å². The fraction of sp³-hybridized carbons (Fsp3) is 1.00. The maximum Gasteiger partial charge on any atom is 0.0726 e. The fourth-order valence-electron chi connectivity index (χ4n) is 3.35. The Morgan fingerprint density at radius 3 is 2.83 bits per heavy atom. The SMILES string of the molecule is CC(CC1CCCCCN1)NC(C)C1CCCO1. The molecule has 0 aromatic heterocycles. The Morgan fingerprint density at radius 2 is 2.06 bits per heavy atom. The van der Waals surface area contributed by atoms with Crippen molar-refractivity contribution < 1.29 is 4.74 Å². The maximum atomic E-state index is 5.75. The van der Waals surface area contributed by atoms with Gasteiger partial charge in [-0.2, -0.15) is 0 Å². The number of nitrogens with one attached hydrogen (secondary N) is 2. The molecule has 4 atom stereocenters. The van der Waals surface area contributed by atoms with E-state index in [9.17, 15) is 0 Å². The van der Waals surface area contributed by atoms with E-state index in [1.807, 2.05) is 0 Å². The van der Waals surface area contributed by atoms with E-state index in [2.05, 4.69) is 24.5 Å². The Morgan fingerprint density at radius 1 is 1.17 bits per heavy atom. The molecule has 2 fully saturated rings. The predicted octanol–water partition coefficient (Wildman–Crippen LogP) is 2.45. The van der Waals surface area contributed by atoms with E-state index in [4.69, 9.17) is 4.74 Å². The Bertz CT molecular complexity index is 217. The van der Waals surface area contributed by atoms with Gasteiger partial charge in [0, 0.05) is 24.7 Å². The predicted molar refractivity (Wildman–Crippen MR) is 75.9 cm³/mol. The third-order valence-electron chi connectivity index (χ3n) is 4.37. The molecule has 2 aliphatic heterocycles. The van der Waals surface area contributed by atoms with Crippen LogP contribution in [0.1, 0.15) is 58.8 Å². The monoisotopic (exact) mass is 254 g/mol. The largest absolute Gasteiger partial charge is 0.377 e. The molecule has 18 heavy (non-hydrogen) atoms. The van der Waals surface area contributed by atoms with E-state index < -0.39 is 0 Å². The van der Waals surface area contributed by atoms with Crippen molar-refractivity contribution in [3.63, 3.8) is 0 Å². The summed E-state index contributed by atoms with van der Waals surface area (Å²) in [6, 6.07) is 1.79. The van der Waals surface area contributed by atoms with Crippen LogP contribution in [0, 0.1) is 0 Å². The molecule has 0 saturated carbocycles. The van der Waals surface area contributed by atoms with Gasteiger partial charge in [-0.15, -0.1) is 0 Å². The molecule has 0 amide bonds. The Labute approximate surface area is 112 Å². The smallest absolute Gasteiger partial charge is 0.0726 e. The molecule has 2 N–H and O–H groups in total. The second kappa shape index (κ2) is 7.46. The van der Waals surface area contributed by atoms with E-state index in [0.717, 1.165) is 6.61 Å². The molecule has 0 aromatic rings. The summed E-state index contributed by atoms with van der Waals surface area (Å²) in [6.07, 6.45) is 9.64. The molecular formula is C15H30N2O. The van der Waals surface area contributed by atoms with Crippen molar-refractivity contribution in [2.45, 2.75) is 83.0 Å². The molecular weight excluding hydrogens is 224 g/mol. The van der Waals surface area contributed by atoms with Crippen molar-refractivity contribution in [2.75, 3.05) is 13.2 Å². The highest BCUT2D eigenvalue weighted by Gasteiger charge is 2.24. The number of rotatable bonds is 5. The van der Waals surface area contributed by atoms with Crippen LogP contribution in [0.5, 0.6) is 0 Å². The summed E-state index contributed by atoms with van der Waals surface area (Å²) in [5.41, 5.74) is 0. The van der Waals surface area contributed by atoms with Crippen molar-refractivity contribution in [3.05, 3.63) is 0 Å². The first-order valence-electron chi connectivity index (χ1n) is 7.86. The van der Waals surface area contributed by atoms with Crippen LogP contribution >= 0.6 is 0 Å². The van der Waals surface area contributed by atoms with Crippen molar-refractivity contribution in [1.82, 2.24) is 10.6 Å². The molecule has 2 rings (SSSR count). The average molecular weight is 254 g/mol. The van der Waals surface area contributed by atoms with Crippen molar-refractivity contribution in [1.29, 1.82) is 0 Å². The van der Waals surface area contributed by atoms with E-state index in [1.165, 1.54) is 51.5 Å². The van der Waals surface area contributed by atoms with Crippen LogP contribution in [0.15, 0.2) is 0 Å². The molecule has 0 aromatic carbocycles. The highest BCUT2D eigenvalue weighted by Crippen LogP contribution is 2.17. The molecule has 2 saturated heterocycles. The van der Waals surface area contributed by atoms with Crippen LogP contribution in [0.25, 0.3) is 0 Å². The zero-order valence-electron chi connectivity index (χ0n) is 12.1. The van der Waals surface area contributed by atoms with Gasteiger partial charge < -0.3 is 15.4 Å². The van der Waals surface area contributed by atoms with Gasteiger partial charge in [0.15, 0.2) is 0 Å². The van der Waals surface area contributed by atoms with E-state index >= 15 is 0 Å². The first kappa shape index (κ1) is 14.3. The molecule has 3 heteroatoms. The summed E-state index contributed by atoms with van der Waals surface area (Å²) in [5.74, 6) is 0. The average Bonchev–Trinajstić information content (AvgIpc) is 2.76. The molecule has 2 aliphatic rings. The number of ether oxygens (including phenoxy) is 1. The third-order valence-corrected chi connectivity index (χ3v) is 4.37. The summed E-state index contributed by atoms with van der Waals surface area (Å²) in [6.45, 7) is 6.75. The standard InChI is InChI=1S/C15H30N2O/c1-12(11-14-7-4-3-5-9-16-14)17-13(2)15-8-6-10-18-15/h12-17H,3-11H2,1-2H3. The van der Waals surface area contributed by atoms with Crippen LogP contribution in [0.2, 0.25) is 0 Å². The van der Waals surface area contributed by atoms with Gasteiger partial charge in [0.05, 0.1) is 6.10 Å². The lowest BCUT2D eigenvalue weighted by atomic mass is 10.0. The highest BCUT2D eigenvalue weighted by molar-refractivity contribution is 4.82. The summed E-state index contributed by atoms with van der Waals surface area (Å²) in [4.78, 5) is 0. The fourth-order valence-corrected chi connectivity index (χ4v) is 3.35. The molecule has 0 spiro atoms.